The van der Waals surface area contributed by atoms with Crippen LogP contribution in [0.2, 0.25) is 10.0 Å². The predicted octanol–water partition coefficient (Wildman–Crippen LogP) is 6.49. The first-order valence-corrected chi connectivity index (χ1v) is 8.72. The second kappa shape index (κ2) is 6.98. The number of methoxy groups -OCH3 is 1. The molecule has 1 amide bonds. The van der Waals surface area contributed by atoms with E-state index in [1.54, 1.807) is 18.2 Å². The highest BCUT2D eigenvalue weighted by Crippen LogP contribution is 2.39. The summed E-state index contributed by atoms with van der Waals surface area (Å²) in [5, 5.41) is 2.83. The summed E-state index contributed by atoms with van der Waals surface area (Å²) in [6.45, 7) is 0. The standard InChI is InChI=1S/C17H10Cl2F3NO2S/c1-25-9-3-5-13-10(7-9)14(19)15(26-13)16(24)23-8-2-4-12(18)11(6-8)17(20,21)22/h2-7H,1H3,(H,23,24). The number of anilines is 1. The molecule has 1 N–H and O–H groups in total. The van der Waals surface area contributed by atoms with Crippen LogP contribution in [0.3, 0.4) is 0 Å². The molecule has 3 aromatic rings. The number of carbonyl (C=O) groups is 1. The first-order valence-electron chi connectivity index (χ1n) is 7.15. The summed E-state index contributed by atoms with van der Waals surface area (Å²) >= 11 is 13.0. The lowest BCUT2D eigenvalue weighted by molar-refractivity contribution is -0.137. The normalized spacial score (nSPS) is 11.6. The fraction of sp³-hybridized carbons (Fsp3) is 0.118. The Morgan fingerprint density at radius 2 is 1.88 bits per heavy atom. The molecule has 0 spiro atoms. The highest BCUT2D eigenvalue weighted by atomic mass is 35.5. The van der Waals surface area contributed by atoms with E-state index < -0.39 is 22.7 Å². The maximum absolute atomic E-state index is 12.9. The molecule has 2 aromatic carbocycles. The molecule has 9 heteroatoms. The number of fused-ring (bicyclic) bond motifs is 1. The molecule has 0 aliphatic heterocycles. The minimum absolute atomic E-state index is 0.0298. The zero-order valence-electron chi connectivity index (χ0n) is 13.1. The Morgan fingerprint density at radius 3 is 2.54 bits per heavy atom. The number of halogens is 5. The molecule has 26 heavy (non-hydrogen) atoms. The van der Waals surface area contributed by atoms with Crippen LogP contribution in [0.5, 0.6) is 5.75 Å². The second-order valence-electron chi connectivity index (χ2n) is 5.25. The zero-order chi connectivity index (χ0) is 19.1. The number of rotatable bonds is 3. The van der Waals surface area contributed by atoms with E-state index in [0.29, 0.717) is 11.1 Å². The summed E-state index contributed by atoms with van der Waals surface area (Å²) in [7, 11) is 1.51. The number of nitrogens with one attached hydrogen (secondary N) is 1. The van der Waals surface area contributed by atoms with Crippen LogP contribution < -0.4 is 10.1 Å². The van der Waals surface area contributed by atoms with Gasteiger partial charge in [0.15, 0.2) is 0 Å². The van der Waals surface area contributed by atoms with Gasteiger partial charge in [0.05, 0.1) is 22.7 Å². The molecule has 3 nitrogen and oxygen atoms in total. The fourth-order valence-corrected chi connectivity index (χ4v) is 3.94. The molecular weight excluding hydrogens is 410 g/mol. The third-order valence-corrected chi connectivity index (χ3v) is 5.57. The van der Waals surface area contributed by atoms with Gasteiger partial charge in [-0.2, -0.15) is 13.2 Å². The Morgan fingerprint density at radius 1 is 1.15 bits per heavy atom. The van der Waals surface area contributed by atoms with Crippen LogP contribution in [0, 0.1) is 0 Å². The molecule has 0 fully saturated rings. The summed E-state index contributed by atoms with van der Waals surface area (Å²) in [6.07, 6.45) is -4.62. The average Bonchev–Trinajstić information content (AvgIpc) is 2.92. The summed E-state index contributed by atoms with van der Waals surface area (Å²) in [5.74, 6) is -0.0257. The van der Waals surface area contributed by atoms with Gasteiger partial charge in [0.25, 0.3) is 5.91 Å². The lowest BCUT2D eigenvalue weighted by Crippen LogP contribution is -2.12. The first-order chi connectivity index (χ1) is 12.2. The smallest absolute Gasteiger partial charge is 0.417 e. The summed E-state index contributed by atoms with van der Waals surface area (Å²) in [6, 6.07) is 8.33. The molecule has 3 rings (SSSR count). The van der Waals surface area contributed by atoms with Crippen molar-refractivity contribution in [3.63, 3.8) is 0 Å². The van der Waals surface area contributed by atoms with Crippen molar-refractivity contribution in [2.75, 3.05) is 12.4 Å². The molecule has 1 aromatic heterocycles. The van der Waals surface area contributed by atoms with Gasteiger partial charge in [-0.1, -0.05) is 23.2 Å². The third-order valence-electron chi connectivity index (χ3n) is 3.57. The third kappa shape index (κ3) is 3.60. The van der Waals surface area contributed by atoms with Crippen LogP contribution >= 0.6 is 34.5 Å². The number of hydrogen-bond donors (Lipinski definition) is 1. The van der Waals surface area contributed by atoms with E-state index in [-0.39, 0.29) is 15.6 Å². The van der Waals surface area contributed by atoms with Crippen molar-refractivity contribution >= 4 is 56.2 Å². The van der Waals surface area contributed by atoms with Crippen molar-refractivity contribution in [2.45, 2.75) is 6.18 Å². The molecule has 0 atom stereocenters. The Bertz CT molecular complexity index is 1000. The van der Waals surface area contributed by atoms with E-state index in [4.69, 9.17) is 27.9 Å². The van der Waals surface area contributed by atoms with Crippen LogP contribution in [0.1, 0.15) is 15.2 Å². The topological polar surface area (TPSA) is 38.3 Å². The van der Waals surface area contributed by atoms with E-state index >= 15 is 0 Å². The highest BCUT2D eigenvalue weighted by molar-refractivity contribution is 7.21. The van der Waals surface area contributed by atoms with Crippen LogP contribution in [0.4, 0.5) is 18.9 Å². The van der Waals surface area contributed by atoms with Gasteiger partial charge in [-0.3, -0.25) is 4.79 Å². The predicted molar refractivity (Wildman–Crippen MR) is 97.8 cm³/mol. The van der Waals surface area contributed by atoms with Crippen LogP contribution in [0.15, 0.2) is 36.4 Å². The van der Waals surface area contributed by atoms with Gasteiger partial charge in [-0.25, -0.2) is 0 Å². The molecule has 0 unspecified atom stereocenters. The van der Waals surface area contributed by atoms with Crippen molar-refractivity contribution in [1.82, 2.24) is 0 Å². The molecule has 0 bridgehead atoms. The van der Waals surface area contributed by atoms with Crippen LogP contribution in [-0.2, 0) is 6.18 Å². The number of alkyl halides is 3. The van der Waals surface area contributed by atoms with E-state index in [2.05, 4.69) is 5.32 Å². The zero-order valence-corrected chi connectivity index (χ0v) is 15.4. The average molecular weight is 420 g/mol. The van der Waals surface area contributed by atoms with Crippen molar-refractivity contribution in [1.29, 1.82) is 0 Å². The van der Waals surface area contributed by atoms with Gasteiger partial charge in [0, 0.05) is 15.8 Å². The summed E-state index contributed by atoms with van der Waals surface area (Å²) in [5.41, 5.74) is -1.05. The number of thiophene rings is 1. The van der Waals surface area contributed by atoms with Crippen LogP contribution in [0.25, 0.3) is 10.1 Å². The lowest BCUT2D eigenvalue weighted by atomic mass is 10.2. The minimum Gasteiger partial charge on any atom is -0.497 e. The van der Waals surface area contributed by atoms with Gasteiger partial charge < -0.3 is 10.1 Å². The van der Waals surface area contributed by atoms with E-state index in [1.807, 2.05) is 0 Å². The molecular formula is C17H10Cl2F3NO2S. The molecule has 0 saturated carbocycles. The highest BCUT2D eigenvalue weighted by Gasteiger charge is 2.33. The fourth-order valence-electron chi connectivity index (χ4n) is 2.33. The van der Waals surface area contributed by atoms with E-state index in [9.17, 15) is 18.0 Å². The van der Waals surface area contributed by atoms with Gasteiger partial charge in [0.2, 0.25) is 0 Å². The van der Waals surface area contributed by atoms with E-state index in [0.717, 1.165) is 28.2 Å². The molecule has 1 heterocycles. The van der Waals surface area contributed by atoms with Crippen molar-refractivity contribution in [3.8, 4) is 5.75 Å². The maximum atomic E-state index is 12.9. The van der Waals surface area contributed by atoms with Gasteiger partial charge in [-0.15, -0.1) is 11.3 Å². The largest absolute Gasteiger partial charge is 0.497 e. The molecule has 136 valence electrons. The SMILES string of the molecule is COc1ccc2sc(C(=O)Nc3ccc(Cl)c(C(F)(F)F)c3)c(Cl)c2c1. The molecule has 0 saturated heterocycles. The van der Waals surface area contributed by atoms with Crippen molar-refractivity contribution in [3.05, 3.63) is 56.9 Å². The molecule has 0 aliphatic rings. The van der Waals surface area contributed by atoms with Gasteiger partial charge in [0.1, 0.15) is 10.6 Å². The number of ether oxygens (including phenoxy) is 1. The number of hydrogen-bond acceptors (Lipinski definition) is 3. The van der Waals surface area contributed by atoms with E-state index in [1.165, 1.54) is 13.2 Å². The number of amides is 1. The van der Waals surface area contributed by atoms with Crippen molar-refractivity contribution < 1.29 is 22.7 Å². The second-order valence-corrected chi connectivity index (χ2v) is 7.09. The Kier molecular flexibility index (Phi) is 5.05. The lowest BCUT2D eigenvalue weighted by Gasteiger charge is -2.11. The summed E-state index contributed by atoms with van der Waals surface area (Å²) < 4.78 is 44.7. The number of carbonyl (C=O) groups excluding carboxylic acids is 1. The molecule has 0 radical (unpaired) electrons. The Labute approximate surface area is 160 Å². The van der Waals surface area contributed by atoms with Crippen LogP contribution in [-0.4, -0.2) is 13.0 Å². The van der Waals surface area contributed by atoms with Gasteiger partial charge in [-0.05, 0) is 36.4 Å². The quantitative estimate of drug-likeness (QED) is 0.526. The van der Waals surface area contributed by atoms with Gasteiger partial charge >= 0.3 is 6.18 Å². The maximum Gasteiger partial charge on any atom is 0.417 e. The monoisotopic (exact) mass is 419 g/mol. The summed E-state index contributed by atoms with van der Waals surface area (Å²) in [4.78, 5) is 12.7. The Hall–Kier alpha value is -1.96. The number of benzene rings is 2. The van der Waals surface area contributed by atoms with Crippen molar-refractivity contribution in [2.24, 2.45) is 0 Å². The first kappa shape index (κ1) is 18.8. The minimum atomic E-state index is -4.62. The molecule has 0 aliphatic carbocycles. The Balaban J connectivity index is 1.94.